The number of methoxy groups -OCH3 is 2. The van der Waals surface area contributed by atoms with Crippen molar-refractivity contribution >= 4 is 35.9 Å². The number of carbonyl (C=O) groups is 1. The second kappa shape index (κ2) is 12.7. The summed E-state index contributed by atoms with van der Waals surface area (Å²) < 4.78 is 15.9. The van der Waals surface area contributed by atoms with Gasteiger partial charge in [-0.25, -0.2) is 4.79 Å². The molecule has 1 saturated heterocycles. The summed E-state index contributed by atoms with van der Waals surface area (Å²) in [5.41, 5.74) is 1.66. The van der Waals surface area contributed by atoms with Crippen LogP contribution < -0.4 is 15.4 Å². The van der Waals surface area contributed by atoms with Crippen molar-refractivity contribution in [1.82, 2.24) is 15.5 Å². The van der Waals surface area contributed by atoms with E-state index in [1.165, 1.54) is 25.5 Å². The molecule has 1 aliphatic rings. The highest BCUT2D eigenvalue weighted by atomic mass is 127. The molecule has 2 aromatic rings. The number of furan rings is 1. The van der Waals surface area contributed by atoms with Crippen LogP contribution in [0.3, 0.4) is 0 Å². The Labute approximate surface area is 206 Å². The molecule has 0 bridgehead atoms. The minimum atomic E-state index is -0.401. The van der Waals surface area contributed by atoms with Crippen molar-refractivity contribution in [3.63, 3.8) is 0 Å². The zero-order chi connectivity index (χ0) is 22.2. The topological polar surface area (TPSA) is 88.3 Å². The minimum Gasteiger partial charge on any atom is -0.497 e. The second-order valence-electron chi connectivity index (χ2n) is 7.52. The number of halogens is 1. The molecule has 0 aliphatic carbocycles. The number of carbonyl (C=O) groups excluding carboxylic acids is 1. The number of aliphatic imine (C=N–C) groups is 1. The Kier molecular flexibility index (Phi) is 10.3. The Morgan fingerprint density at radius 2 is 1.97 bits per heavy atom. The van der Waals surface area contributed by atoms with Crippen LogP contribution in [-0.2, 0) is 11.3 Å². The molecule has 0 spiro atoms. The van der Waals surface area contributed by atoms with E-state index >= 15 is 0 Å². The minimum absolute atomic E-state index is 0. The summed E-state index contributed by atoms with van der Waals surface area (Å²) in [5.74, 6) is 2.31. The Hall–Kier alpha value is -2.27. The number of ether oxygens (including phenoxy) is 2. The quantitative estimate of drug-likeness (QED) is 0.223. The number of hydrogen-bond acceptors (Lipinski definition) is 6. The molecule has 32 heavy (non-hydrogen) atoms. The molecule has 1 fully saturated rings. The number of aryl methyl sites for hydroxylation is 1. The van der Waals surface area contributed by atoms with Crippen LogP contribution >= 0.6 is 24.0 Å². The van der Waals surface area contributed by atoms with E-state index in [9.17, 15) is 4.79 Å². The molecule has 3 rings (SSSR count). The van der Waals surface area contributed by atoms with Gasteiger partial charge in [-0.2, -0.15) is 0 Å². The van der Waals surface area contributed by atoms with Gasteiger partial charge < -0.3 is 24.5 Å². The van der Waals surface area contributed by atoms with E-state index in [0.717, 1.165) is 18.8 Å². The predicted molar refractivity (Wildman–Crippen MR) is 135 cm³/mol. The van der Waals surface area contributed by atoms with Crippen molar-refractivity contribution in [1.29, 1.82) is 0 Å². The number of nitrogens with zero attached hydrogens (tertiary/aromatic N) is 2. The first-order valence-corrected chi connectivity index (χ1v) is 10.6. The SMILES string of the molecule is CN=C(NCc1cc(C(=O)OC)c(C)o1)NCC(c1cccc(OC)c1)N1CCCC1.I. The van der Waals surface area contributed by atoms with E-state index in [1.54, 1.807) is 27.1 Å². The lowest BCUT2D eigenvalue weighted by molar-refractivity contribution is 0.0599. The molecule has 1 aromatic heterocycles. The van der Waals surface area contributed by atoms with Gasteiger partial charge >= 0.3 is 5.97 Å². The molecular formula is C23H33IN4O4. The molecule has 0 amide bonds. The van der Waals surface area contributed by atoms with Gasteiger partial charge in [0.2, 0.25) is 0 Å². The zero-order valence-corrected chi connectivity index (χ0v) is 21.5. The van der Waals surface area contributed by atoms with Crippen LogP contribution in [0.15, 0.2) is 39.7 Å². The first-order valence-electron chi connectivity index (χ1n) is 10.6. The smallest absolute Gasteiger partial charge is 0.341 e. The number of likely N-dealkylation sites (tertiary alicyclic amines) is 1. The highest BCUT2D eigenvalue weighted by Gasteiger charge is 2.24. The normalized spacial score (nSPS) is 15.1. The van der Waals surface area contributed by atoms with Crippen LogP contribution in [0.5, 0.6) is 5.75 Å². The lowest BCUT2D eigenvalue weighted by Crippen LogP contribution is -2.42. The monoisotopic (exact) mass is 556 g/mol. The molecule has 2 heterocycles. The van der Waals surface area contributed by atoms with Gasteiger partial charge in [-0.05, 0) is 56.6 Å². The van der Waals surface area contributed by atoms with Crippen molar-refractivity contribution in [2.45, 2.75) is 32.4 Å². The Balaban J connectivity index is 0.00000363. The molecule has 1 unspecified atom stereocenters. The van der Waals surface area contributed by atoms with Crippen LogP contribution in [0, 0.1) is 6.92 Å². The first-order chi connectivity index (χ1) is 15.0. The number of esters is 1. The highest BCUT2D eigenvalue weighted by Crippen LogP contribution is 2.27. The van der Waals surface area contributed by atoms with Gasteiger partial charge in [-0.15, -0.1) is 24.0 Å². The van der Waals surface area contributed by atoms with Crippen molar-refractivity contribution in [2.24, 2.45) is 4.99 Å². The number of guanidine groups is 1. The van der Waals surface area contributed by atoms with E-state index < -0.39 is 5.97 Å². The lowest BCUT2D eigenvalue weighted by atomic mass is 10.1. The maximum Gasteiger partial charge on any atom is 0.341 e. The largest absolute Gasteiger partial charge is 0.497 e. The Morgan fingerprint density at radius 3 is 2.62 bits per heavy atom. The fourth-order valence-corrected chi connectivity index (χ4v) is 3.89. The molecule has 1 aliphatic heterocycles. The van der Waals surface area contributed by atoms with Crippen LogP contribution in [0.4, 0.5) is 0 Å². The first kappa shape index (κ1) is 26.0. The summed E-state index contributed by atoms with van der Waals surface area (Å²) in [6, 6.07) is 10.1. The van der Waals surface area contributed by atoms with E-state index in [2.05, 4.69) is 32.7 Å². The summed E-state index contributed by atoms with van der Waals surface area (Å²) in [5, 5.41) is 6.68. The predicted octanol–water partition coefficient (Wildman–Crippen LogP) is 3.50. The number of hydrogen-bond donors (Lipinski definition) is 2. The van der Waals surface area contributed by atoms with Crippen molar-refractivity contribution in [2.75, 3.05) is 40.9 Å². The van der Waals surface area contributed by atoms with Gasteiger partial charge in [0.15, 0.2) is 5.96 Å². The molecule has 2 N–H and O–H groups in total. The maximum absolute atomic E-state index is 11.8. The summed E-state index contributed by atoms with van der Waals surface area (Å²) in [6.07, 6.45) is 2.43. The number of rotatable bonds is 8. The molecule has 176 valence electrons. The summed E-state index contributed by atoms with van der Waals surface area (Å²) in [4.78, 5) is 18.6. The van der Waals surface area contributed by atoms with E-state index in [1.807, 2.05) is 12.1 Å². The maximum atomic E-state index is 11.8. The molecule has 1 atom stereocenters. The molecule has 9 heteroatoms. The van der Waals surface area contributed by atoms with Gasteiger partial charge in [0.05, 0.1) is 26.8 Å². The van der Waals surface area contributed by atoms with Crippen molar-refractivity contribution in [3.8, 4) is 5.75 Å². The standard InChI is InChI=1S/C23H32N4O4.HI/c1-16-20(22(28)30-4)13-19(31-16)14-25-23(24-2)26-15-21(27-10-5-6-11-27)17-8-7-9-18(12-17)29-3;/h7-9,12-13,21H,5-6,10-11,14-15H2,1-4H3,(H2,24,25,26);1H. The van der Waals surface area contributed by atoms with E-state index in [4.69, 9.17) is 13.9 Å². The molecule has 1 aromatic carbocycles. The average Bonchev–Trinajstić information content (AvgIpc) is 3.45. The number of benzene rings is 1. The van der Waals surface area contributed by atoms with Gasteiger partial charge in [0.25, 0.3) is 0 Å². The molecule has 0 radical (unpaired) electrons. The number of nitrogens with one attached hydrogen (secondary N) is 2. The summed E-state index contributed by atoms with van der Waals surface area (Å²) in [6.45, 7) is 5.02. The Morgan fingerprint density at radius 1 is 1.22 bits per heavy atom. The zero-order valence-electron chi connectivity index (χ0n) is 19.1. The lowest BCUT2D eigenvalue weighted by Gasteiger charge is -2.29. The Bertz CT molecular complexity index is 909. The second-order valence-corrected chi connectivity index (χ2v) is 7.52. The van der Waals surface area contributed by atoms with Gasteiger partial charge in [-0.1, -0.05) is 12.1 Å². The van der Waals surface area contributed by atoms with Gasteiger partial charge in [-0.3, -0.25) is 9.89 Å². The van der Waals surface area contributed by atoms with Crippen LogP contribution in [0.1, 0.15) is 46.3 Å². The third-order valence-electron chi connectivity index (χ3n) is 5.55. The molecule has 8 nitrogen and oxygen atoms in total. The van der Waals surface area contributed by atoms with Gasteiger partial charge in [0.1, 0.15) is 22.8 Å². The van der Waals surface area contributed by atoms with E-state index in [-0.39, 0.29) is 30.0 Å². The van der Waals surface area contributed by atoms with Crippen LogP contribution in [-0.4, -0.2) is 57.7 Å². The fraction of sp³-hybridized carbons (Fsp3) is 0.478. The average molecular weight is 556 g/mol. The summed E-state index contributed by atoms with van der Waals surface area (Å²) in [7, 11) is 4.78. The third-order valence-corrected chi connectivity index (χ3v) is 5.55. The summed E-state index contributed by atoms with van der Waals surface area (Å²) >= 11 is 0. The third kappa shape index (κ3) is 6.61. The van der Waals surface area contributed by atoms with E-state index in [0.29, 0.717) is 36.1 Å². The molecular weight excluding hydrogens is 523 g/mol. The highest BCUT2D eigenvalue weighted by molar-refractivity contribution is 14.0. The van der Waals surface area contributed by atoms with Crippen molar-refractivity contribution in [3.05, 3.63) is 53.0 Å². The van der Waals surface area contributed by atoms with Gasteiger partial charge in [0, 0.05) is 13.6 Å². The van der Waals surface area contributed by atoms with Crippen molar-refractivity contribution < 1.29 is 18.7 Å². The molecule has 0 saturated carbocycles. The fourth-order valence-electron chi connectivity index (χ4n) is 3.89. The van der Waals surface area contributed by atoms with Crippen LogP contribution in [0.25, 0.3) is 0 Å². The van der Waals surface area contributed by atoms with Crippen LogP contribution in [0.2, 0.25) is 0 Å².